The number of aliphatic hydroxyl groups excluding tert-OH is 1. The SMILES string of the molecule is CS(C)(C)(C)=C(N)O. The van der Waals surface area contributed by atoms with Crippen LogP contribution >= 0.6 is 8.75 Å². The first-order valence-corrected chi connectivity index (χ1v) is 6.02. The monoisotopic (exact) mass is 137 g/mol. The fraction of sp³-hybridized carbons (Fsp3) is 0.800. The number of hydrogen-bond acceptors (Lipinski definition) is 0. The van der Waals surface area contributed by atoms with Crippen LogP contribution in [-0.2, 0) is 0 Å². The van der Waals surface area contributed by atoms with Crippen molar-refractivity contribution in [1.29, 1.82) is 0 Å². The quantitative estimate of drug-likeness (QED) is 0.476. The molecule has 0 aromatic rings. The molecule has 0 aliphatic heterocycles. The fourth-order valence-corrected chi connectivity index (χ4v) is 0. The molecule has 0 radical (unpaired) electrons. The zero-order valence-corrected chi connectivity index (χ0v) is 6.75. The fourth-order valence-electron chi connectivity index (χ4n) is 0. The molecule has 0 unspecified atom stereocenters. The van der Waals surface area contributed by atoms with Gasteiger partial charge in [-0.2, -0.15) is 0 Å². The van der Waals surface area contributed by atoms with E-state index in [4.69, 9.17) is 10.8 Å². The highest BCUT2D eigenvalue weighted by molar-refractivity contribution is 8.45. The van der Waals surface area contributed by atoms with Gasteiger partial charge in [0.1, 0.15) is 5.17 Å². The minimum atomic E-state index is -1.71. The summed E-state index contributed by atoms with van der Waals surface area (Å²) in [6.07, 6.45) is 7.91. The lowest BCUT2D eigenvalue weighted by Crippen LogP contribution is -2.21. The van der Waals surface area contributed by atoms with E-state index in [2.05, 4.69) is 0 Å². The first-order chi connectivity index (χ1) is 3.20. The van der Waals surface area contributed by atoms with E-state index in [9.17, 15) is 0 Å². The lowest BCUT2D eigenvalue weighted by atomic mass is 11.4. The van der Waals surface area contributed by atoms with Gasteiger partial charge in [-0.3, -0.25) is 5.73 Å². The Labute approximate surface area is 50.6 Å². The second kappa shape index (κ2) is 1.56. The van der Waals surface area contributed by atoms with Crippen LogP contribution in [0.5, 0.6) is 0 Å². The van der Waals surface area contributed by atoms with Gasteiger partial charge in [0.15, 0.2) is 0 Å². The molecule has 0 rings (SSSR count). The zero-order chi connectivity index (χ0) is 7.02. The van der Waals surface area contributed by atoms with Gasteiger partial charge >= 0.3 is 0 Å². The number of rotatable bonds is 0. The average molecular weight is 137 g/mol. The molecular formula is C5H15NOS. The topological polar surface area (TPSA) is 46.2 Å². The van der Waals surface area contributed by atoms with Crippen molar-refractivity contribution in [3.8, 4) is 0 Å². The molecule has 0 amide bonds. The van der Waals surface area contributed by atoms with E-state index in [0.717, 1.165) is 0 Å². The van der Waals surface area contributed by atoms with Crippen LogP contribution in [0.1, 0.15) is 0 Å². The molecule has 0 aromatic heterocycles. The third-order valence-corrected chi connectivity index (χ3v) is 2.51. The second-order valence-electron chi connectivity index (χ2n) is 3.60. The molecule has 52 valence electrons. The molecule has 0 aliphatic carbocycles. The summed E-state index contributed by atoms with van der Waals surface area (Å²) in [7, 11) is -1.71. The van der Waals surface area contributed by atoms with Crippen LogP contribution < -0.4 is 5.73 Å². The molecule has 0 fully saturated rings. The van der Waals surface area contributed by atoms with Crippen molar-refractivity contribution in [2.45, 2.75) is 0 Å². The average Bonchev–Trinajstić information content (AvgIpc) is 1.27. The van der Waals surface area contributed by atoms with E-state index in [1.54, 1.807) is 0 Å². The predicted octanol–water partition coefficient (Wildman–Crippen LogP) is 0.450. The lowest BCUT2D eigenvalue weighted by Gasteiger charge is -2.32. The van der Waals surface area contributed by atoms with Crippen molar-refractivity contribution < 1.29 is 5.11 Å². The summed E-state index contributed by atoms with van der Waals surface area (Å²) in [6.45, 7) is 0. The molecule has 0 heterocycles. The van der Waals surface area contributed by atoms with E-state index in [-0.39, 0.29) is 5.17 Å². The van der Waals surface area contributed by atoms with Crippen LogP contribution in [0.15, 0.2) is 0 Å². The molecular weight excluding hydrogens is 122 g/mol. The Bertz CT molecular complexity index is 138. The molecule has 0 saturated carbocycles. The largest absolute Gasteiger partial charge is 0.348 e. The van der Waals surface area contributed by atoms with Crippen molar-refractivity contribution >= 4 is 13.9 Å². The second-order valence-corrected chi connectivity index (χ2v) is 10.6. The van der Waals surface area contributed by atoms with Gasteiger partial charge in [-0.1, -0.05) is 0 Å². The predicted molar refractivity (Wildman–Crippen MR) is 43.1 cm³/mol. The van der Waals surface area contributed by atoms with Crippen LogP contribution in [0.4, 0.5) is 0 Å². The summed E-state index contributed by atoms with van der Waals surface area (Å²) >= 11 is 0. The van der Waals surface area contributed by atoms with E-state index in [0.29, 0.717) is 0 Å². The highest BCUT2D eigenvalue weighted by atomic mass is 32.3. The molecule has 3 heteroatoms. The minimum absolute atomic E-state index is 0.0852. The Morgan fingerprint density at radius 1 is 1.25 bits per heavy atom. The summed E-state index contributed by atoms with van der Waals surface area (Å²) in [5, 5.41) is 8.98. The Morgan fingerprint density at radius 3 is 1.38 bits per heavy atom. The standard InChI is InChI=1S/C5H15NOS/c1-8(2,3,4)5(6)7/h7H,6H2,1-4H3. The van der Waals surface area contributed by atoms with Gasteiger partial charge in [-0.15, -0.1) is 0 Å². The first kappa shape index (κ1) is 8.14. The highest BCUT2D eigenvalue weighted by Crippen LogP contribution is 2.42. The van der Waals surface area contributed by atoms with E-state index in [1.807, 2.05) is 25.0 Å². The maximum Gasteiger partial charge on any atom is 0.124 e. The minimum Gasteiger partial charge on any atom is -0.348 e. The van der Waals surface area contributed by atoms with Crippen LogP contribution in [0, 0.1) is 0 Å². The summed E-state index contributed by atoms with van der Waals surface area (Å²) in [6, 6.07) is 0. The van der Waals surface area contributed by atoms with Gasteiger partial charge in [0, 0.05) is 0 Å². The van der Waals surface area contributed by atoms with E-state index < -0.39 is 8.75 Å². The molecule has 0 spiro atoms. The zero-order valence-electron chi connectivity index (χ0n) is 5.93. The van der Waals surface area contributed by atoms with Gasteiger partial charge in [0.05, 0.1) is 0 Å². The van der Waals surface area contributed by atoms with Crippen LogP contribution in [0.2, 0.25) is 0 Å². The van der Waals surface area contributed by atoms with Crippen molar-refractivity contribution in [2.75, 3.05) is 25.0 Å². The van der Waals surface area contributed by atoms with Crippen molar-refractivity contribution in [3.63, 3.8) is 0 Å². The Kier molecular flexibility index (Phi) is 1.59. The molecule has 0 bridgehead atoms. The molecule has 0 saturated heterocycles. The van der Waals surface area contributed by atoms with Gasteiger partial charge < -0.3 is 5.11 Å². The van der Waals surface area contributed by atoms with Crippen LogP contribution in [-0.4, -0.2) is 35.3 Å². The molecule has 0 aliphatic rings. The maximum atomic E-state index is 8.89. The number of aliphatic hydroxyl groups is 1. The molecule has 3 N–H and O–H groups in total. The van der Waals surface area contributed by atoms with Crippen LogP contribution in [0.3, 0.4) is 0 Å². The van der Waals surface area contributed by atoms with Crippen molar-refractivity contribution in [1.82, 2.24) is 0 Å². The van der Waals surface area contributed by atoms with Gasteiger partial charge in [-0.25, -0.2) is 8.75 Å². The molecule has 0 atom stereocenters. The normalized spacial score (nSPS) is 17.0. The number of nitrogens with two attached hydrogens (primary N) is 1. The third-order valence-electron chi connectivity index (χ3n) is 0.837. The Morgan fingerprint density at radius 2 is 1.38 bits per heavy atom. The number of hydrogen-bond donors (Lipinski definition) is 2. The summed E-state index contributed by atoms with van der Waals surface area (Å²) in [5.74, 6) is 0. The van der Waals surface area contributed by atoms with Crippen molar-refractivity contribution in [2.24, 2.45) is 5.73 Å². The first-order valence-electron chi connectivity index (χ1n) is 2.35. The third kappa shape index (κ3) is 2.45. The Hall–Kier alpha value is 0.140. The maximum absolute atomic E-state index is 8.89. The Balaban J connectivity index is 4.92. The highest BCUT2D eigenvalue weighted by Gasteiger charge is 2.10. The summed E-state index contributed by atoms with van der Waals surface area (Å²) in [5.41, 5.74) is 5.22. The molecule has 0 aromatic carbocycles. The van der Waals surface area contributed by atoms with E-state index >= 15 is 0 Å². The summed E-state index contributed by atoms with van der Waals surface area (Å²) in [4.78, 5) is 0. The van der Waals surface area contributed by atoms with Crippen molar-refractivity contribution in [3.05, 3.63) is 0 Å². The van der Waals surface area contributed by atoms with Gasteiger partial charge in [0.25, 0.3) is 0 Å². The lowest BCUT2D eigenvalue weighted by molar-refractivity contribution is 0.559. The smallest absolute Gasteiger partial charge is 0.124 e. The van der Waals surface area contributed by atoms with Gasteiger partial charge in [0.2, 0.25) is 0 Å². The molecule has 8 heavy (non-hydrogen) atoms. The van der Waals surface area contributed by atoms with E-state index in [1.165, 1.54) is 0 Å². The summed E-state index contributed by atoms with van der Waals surface area (Å²) < 4.78 is 0. The van der Waals surface area contributed by atoms with Crippen LogP contribution in [0.25, 0.3) is 0 Å². The van der Waals surface area contributed by atoms with Gasteiger partial charge in [-0.05, 0) is 25.0 Å². The molecule has 2 nitrogen and oxygen atoms in total.